The highest BCUT2D eigenvalue weighted by molar-refractivity contribution is 14.0. The topological polar surface area (TPSA) is 58.6 Å². The van der Waals surface area contributed by atoms with E-state index in [1.54, 1.807) is 13.2 Å². The zero-order valence-electron chi connectivity index (χ0n) is 15.2. The number of aliphatic imine (C=N–C) groups is 1. The van der Waals surface area contributed by atoms with Crippen LogP contribution >= 0.6 is 24.0 Å². The molecule has 138 valence electrons. The van der Waals surface area contributed by atoms with Crippen LogP contribution in [0.25, 0.3) is 11.3 Å². The Labute approximate surface area is 171 Å². The Kier molecular flexibility index (Phi) is 7.26. The molecule has 26 heavy (non-hydrogen) atoms. The van der Waals surface area contributed by atoms with Crippen molar-refractivity contribution in [3.05, 3.63) is 66.4 Å². The van der Waals surface area contributed by atoms with E-state index in [-0.39, 0.29) is 24.0 Å². The fourth-order valence-electron chi connectivity index (χ4n) is 2.65. The van der Waals surface area contributed by atoms with Crippen LogP contribution < -0.4 is 5.32 Å². The predicted molar refractivity (Wildman–Crippen MR) is 114 cm³/mol. The third-order valence-corrected chi connectivity index (χ3v) is 4.03. The van der Waals surface area contributed by atoms with E-state index in [1.165, 1.54) is 5.69 Å². The van der Waals surface area contributed by atoms with E-state index in [1.807, 2.05) is 56.7 Å². The molecule has 0 aliphatic carbocycles. The molecule has 0 radical (unpaired) electrons. The van der Waals surface area contributed by atoms with Gasteiger partial charge in [-0.15, -0.1) is 24.0 Å². The van der Waals surface area contributed by atoms with Gasteiger partial charge in [-0.1, -0.05) is 30.3 Å². The van der Waals surface area contributed by atoms with E-state index in [4.69, 9.17) is 4.42 Å². The van der Waals surface area contributed by atoms with Crippen molar-refractivity contribution in [2.75, 3.05) is 14.1 Å². The van der Waals surface area contributed by atoms with Gasteiger partial charge in [0.15, 0.2) is 11.7 Å². The summed E-state index contributed by atoms with van der Waals surface area (Å²) in [6, 6.07) is 14.1. The first-order valence-electron chi connectivity index (χ1n) is 8.19. The molecule has 0 aliphatic heterocycles. The standard InChI is InChI=1S/C19H23N5O.HI/c1-20-19(24(3)14-16-10-7-11-23(16)2)22-13-18-21-12-17(25-18)15-8-5-4-6-9-15;/h4-12H,13-14H2,1-3H3,(H,20,22);1H. The van der Waals surface area contributed by atoms with E-state index < -0.39 is 0 Å². The Morgan fingerprint density at radius 2 is 2.00 bits per heavy atom. The SMILES string of the molecule is CN=C(NCc1ncc(-c2ccccc2)o1)N(C)Cc1cccn1C.I. The lowest BCUT2D eigenvalue weighted by molar-refractivity contribution is 0.447. The second-order valence-electron chi connectivity index (χ2n) is 5.85. The number of aromatic nitrogens is 2. The summed E-state index contributed by atoms with van der Waals surface area (Å²) >= 11 is 0. The Hall–Kier alpha value is -2.29. The fourth-order valence-corrected chi connectivity index (χ4v) is 2.65. The molecule has 0 saturated heterocycles. The van der Waals surface area contributed by atoms with Gasteiger partial charge >= 0.3 is 0 Å². The maximum atomic E-state index is 5.82. The first-order valence-corrected chi connectivity index (χ1v) is 8.19. The first kappa shape index (κ1) is 20.0. The molecule has 1 aromatic carbocycles. The monoisotopic (exact) mass is 465 g/mol. The quantitative estimate of drug-likeness (QED) is 0.356. The molecule has 3 rings (SSSR count). The van der Waals surface area contributed by atoms with Gasteiger partial charge < -0.3 is 19.2 Å². The maximum absolute atomic E-state index is 5.82. The molecule has 6 nitrogen and oxygen atoms in total. The number of halogens is 1. The Balaban J connectivity index is 0.00000243. The van der Waals surface area contributed by atoms with E-state index in [9.17, 15) is 0 Å². The number of aryl methyl sites for hydroxylation is 1. The second kappa shape index (κ2) is 9.42. The minimum absolute atomic E-state index is 0. The van der Waals surface area contributed by atoms with Crippen molar-refractivity contribution in [2.45, 2.75) is 13.1 Å². The number of oxazole rings is 1. The molecule has 3 aromatic rings. The molecular formula is C19H24IN5O. The molecule has 0 spiro atoms. The lowest BCUT2D eigenvalue weighted by atomic mass is 10.2. The fraction of sp³-hybridized carbons (Fsp3) is 0.263. The average molecular weight is 465 g/mol. The number of rotatable bonds is 5. The van der Waals surface area contributed by atoms with Gasteiger partial charge in [-0.2, -0.15) is 0 Å². The molecule has 0 saturated carbocycles. The van der Waals surface area contributed by atoms with Crippen molar-refractivity contribution in [3.8, 4) is 11.3 Å². The van der Waals surface area contributed by atoms with E-state index in [0.717, 1.165) is 23.8 Å². The number of hydrogen-bond acceptors (Lipinski definition) is 3. The largest absolute Gasteiger partial charge is 0.439 e. The van der Waals surface area contributed by atoms with Crippen molar-refractivity contribution in [3.63, 3.8) is 0 Å². The zero-order chi connectivity index (χ0) is 17.6. The number of nitrogens with one attached hydrogen (secondary N) is 1. The van der Waals surface area contributed by atoms with Crippen molar-refractivity contribution in [1.82, 2.24) is 19.8 Å². The first-order chi connectivity index (χ1) is 12.2. The molecule has 0 unspecified atom stereocenters. The molecule has 7 heteroatoms. The third-order valence-electron chi connectivity index (χ3n) is 4.03. The summed E-state index contributed by atoms with van der Waals surface area (Å²) in [6.45, 7) is 1.25. The van der Waals surface area contributed by atoms with Crippen LogP contribution in [0.1, 0.15) is 11.6 Å². The highest BCUT2D eigenvalue weighted by Crippen LogP contribution is 2.19. The number of hydrogen-bond donors (Lipinski definition) is 1. The average Bonchev–Trinajstić information content (AvgIpc) is 3.26. The molecule has 0 amide bonds. The van der Waals surface area contributed by atoms with Crippen molar-refractivity contribution >= 4 is 29.9 Å². The minimum atomic E-state index is 0. The van der Waals surface area contributed by atoms with Crippen LogP contribution in [0.15, 0.2) is 64.3 Å². The van der Waals surface area contributed by atoms with E-state index >= 15 is 0 Å². The van der Waals surface area contributed by atoms with E-state index in [0.29, 0.717) is 12.4 Å². The van der Waals surface area contributed by atoms with Gasteiger partial charge in [0.25, 0.3) is 0 Å². The third kappa shape index (κ3) is 4.87. The molecule has 1 N–H and O–H groups in total. The van der Waals surface area contributed by atoms with Crippen molar-refractivity contribution in [2.24, 2.45) is 12.0 Å². The summed E-state index contributed by atoms with van der Waals surface area (Å²) in [4.78, 5) is 10.7. The van der Waals surface area contributed by atoms with Gasteiger partial charge in [0.2, 0.25) is 5.89 Å². The Morgan fingerprint density at radius 3 is 2.65 bits per heavy atom. The van der Waals surface area contributed by atoms with Crippen LogP contribution in [-0.4, -0.2) is 34.5 Å². The van der Waals surface area contributed by atoms with Crippen LogP contribution in [0, 0.1) is 0 Å². The van der Waals surface area contributed by atoms with E-state index in [2.05, 4.69) is 30.8 Å². The molecule has 0 aliphatic rings. The summed E-state index contributed by atoms with van der Waals surface area (Å²) in [5.74, 6) is 2.19. The lowest BCUT2D eigenvalue weighted by Crippen LogP contribution is -2.38. The summed E-state index contributed by atoms with van der Waals surface area (Å²) < 4.78 is 7.92. The van der Waals surface area contributed by atoms with Crippen LogP contribution in [0.2, 0.25) is 0 Å². The molecule has 2 heterocycles. The Bertz CT molecular complexity index is 841. The molecule has 2 aromatic heterocycles. The number of nitrogens with zero attached hydrogens (tertiary/aromatic N) is 4. The molecule has 0 bridgehead atoms. The van der Waals surface area contributed by atoms with Crippen LogP contribution in [0.4, 0.5) is 0 Å². The van der Waals surface area contributed by atoms with Gasteiger partial charge in [-0.3, -0.25) is 4.99 Å². The normalized spacial score (nSPS) is 11.1. The van der Waals surface area contributed by atoms with Crippen LogP contribution in [-0.2, 0) is 20.1 Å². The molecule has 0 fully saturated rings. The number of guanidine groups is 1. The zero-order valence-corrected chi connectivity index (χ0v) is 17.5. The second-order valence-corrected chi connectivity index (χ2v) is 5.85. The summed E-state index contributed by atoms with van der Waals surface area (Å²) in [6.07, 6.45) is 3.79. The minimum Gasteiger partial charge on any atom is -0.439 e. The Morgan fingerprint density at radius 1 is 1.23 bits per heavy atom. The van der Waals surface area contributed by atoms with Crippen molar-refractivity contribution < 1.29 is 4.42 Å². The lowest BCUT2D eigenvalue weighted by Gasteiger charge is -2.21. The molecule has 0 atom stereocenters. The molecular weight excluding hydrogens is 441 g/mol. The van der Waals surface area contributed by atoms with Gasteiger partial charge in [0.05, 0.1) is 19.3 Å². The van der Waals surface area contributed by atoms with Gasteiger partial charge in [0, 0.05) is 38.6 Å². The predicted octanol–water partition coefficient (Wildman–Crippen LogP) is 3.51. The summed E-state index contributed by atoms with van der Waals surface area (Å²) in [7, 11) is 5.82. The highest BCUT2D eigenvalue weighted by atomic mass is 127. The summed E-state index contributed by atoms with van der Waals surface area (Å²) in [5, 5.41) is 3.29. The van der Waals surface area contributed by atoms with Gasteiger partial charge in [-0.05, 0) is 12.1 Å². The smallest absolute Gasteiger partial charge is 0.214 e. The maximum Gasteiger partial charge on any atom is 0.214 e. The van der Waals surface area contributed by atoms with Gasteiger partial charge in [-0.25, -0.2) is 4.98 Å². The van der Waals surface area contributed by atoms with Crippen molar-refractivity contribution in [1.29, 1.82) is 0 Å². The van der Waals surface area contributed by atoms with Gasteiger partial charge in [0.1, 0.15) is 0 Å². The summed E-state index contributed by atoms with van der Waals surface area (Å²) in [5.41, 5.74) is 2.24. The number of benzene rings is 1. The highest BCUT2D eigenvalue weighted by Gasteiger charge is 2.11. The van der Waals surface area contributed by atoms with Crippen LogP contribution in [0.5, 0.6) is 0 Å². The van der Waals surface area contributed by atoms with Crippen LogP contribution in [0.3, 0.4) is 0 Å².